The summed E-state index contributed by atoms with van der Waals surface area (Å²) in [5, 5.41) is 0. The normalized spacial score (nSPS) is 6.55. The third-order valence-electron chi connectivity index (χ3n) is 0. The second-order valence-electron chi connectivity index (χ2n) is 2.68. The molecule has 5 heteroatoms. The zero-order chi connectivity index (χ0) is 7.15. The van der Waals surface area contributed by atoms with Gasteiger partial charge in [0, 0.05) is 0 Å². The molecule has 11 heavy (non-hydrogen) atoms. The molecular formula is C6H18Cl2P2Pt. The second-order valence-corrected chi connectivity index (χ2v) is 8.05. The molecule has 0 atom stereocenters. The van der Waals surface area contributed by atoms with E-state index in [-0.39, 0.29) is 45.9 Å². The van der Waals surface area contributed by atoms with Crippen molar-refractivity contribution >= 4 is 15.8 Å². The maximum absolute atomic E-state index is 2.23. The summed E-state index contributed by atoms with van der Waals surface area (Å²) >= 11 is 0. The summed E-state index contributed by atoms with van der Waals surface area (Å²) in [6, 6.07) is 0. The molecule has 0 aromatic carbocycles. The molecule has 0 heterocycles. The molecule has 0 rings (SSSR count). The van der Waals surface area contributed by atoms with E-state index < -0.39 is 0 Å². The first-order valence-electron chi connectivity index (χ1n) is 2.68. The van der Waals surface area contributed by atoms with Gasteiger partial charge in [-0.25, -0.2) is 0 Å². The van der Waals surface area contributed by atoms with Gasteiger partial charge in [-0.15, -0.1) is 15.8 Å². The maximum Gasteiger partial charge on any atom is 2.00 e. The average molecular weight is 418 g/mol. The van der Waals surface area contributed by atoms with Crippen LogP contribution < -0.4 is 24.8 Å². The van der Waals surface area contributed by atoms with Crippen molar-refractivity contribution in [3.63, 3.8) is 0 Å². The van der Waals surface area contributed by atoms with Gasteiger partial charge in [0.05, 0.1) is 0 Å². The van der Waals surface area contributed by atoms with E-state index in [2.05, 4.69) is 40.0 Å². The van der Waals surface area contributed by atoms with Crippen molar-refractivity contribution in [2.24, 2.45) is 0 Å². The first-order valence-corrected chi connectivity index (χ1v) is 8.05. The molecule has 0 amide bonds. The van der Waals surface area contributed by atoms with E-state index >= 15 is 0 Å². The van der Waals surface area contributed by atoms with E-state index in [1.165, 1.54) is 0 Å². The average Bonchev–Trinajstić information content (AvgIpc) is 1.25. The van der Waals surface area contributed by atoms with Gasteiger partial charge in [-0.1, -0.05) is 0 Å². The molecule has 0 spiro atoms. The molecule has 0 N–H and O–H groups in total. The first-order chi connectivity index (χ1) is 3.46. The summed E-state index contributed by atoms with van der Waals surface area (Å²) < 4.78 is 0. The summed E-state index contributed by atoms with van der Waals surface area (Å²) in [5.74, 6) is 0. The Hall–Kier alpha value is 2.13. The van der Waals surface area contributed by atoms with Crippen LogP contribution in [0.15, 0.2) is 0 Å². The summed E-state index contributed by atoms with van der Waals surface area (Å²) in [5.41, 5.74) is 0. The summed E-state index contributed by atoms with van der Waals surface area (Å²) in [4.78, 5) is 0. The molecule has 0 aromatic rings. The molecule has 0 nitrogen and oxygen atoms in total. The van der Waals surface area contributed by atoms with Gasteiger partial charge >= 0.3 is 21.1 Å². The van der Waals surface area contributed by atoms with Gasteiger partial charge in [0.2, 0.25) is 0 Å². The third kappa shape index (κ3) is 275. The Morgan fingerprint density at radius 2 is 0.545 bits per heavy atom. The molecule has 0 radical (unpaired) electrons. The molecule has 0 aromatic heterocycles. The standard InChI is InChI=1S/2C3H9P.2ClH.Pt/c2*1-4(2)3;;;/h2*1-3H3;2*1H;/q;;;;+2/p-2. The van der Waals surface area contributed by atoms with E-state index in [9.17, 15) is 0 Å². The smallest absolute Gasteiger partial charge is 1.00 e. The van der Waals surface area contributed by atoms with Crippen molar-refractivity contribution in [1.29, 1.82) is 0 Å². The largest absolute Gasteiger partial charge is 2.00 e. The molecule has 0 saturated carbocycles. The topological polar surface area (TPSA) is 0 Å². The Morgan fingerprint density at radius 1 is 0.545 bits per heavy atom. The van der Waals surface area contributed by atoms with Gasteiger partial charge in [-0.2, -0.15) is 0 Å². The predicted molar refractivity (Wildman–Crippen MR) is 49.4 cm³/mol. The van der Waals surface area contributed by atoms with Gasteiger partial charge in [0.25, 0.3) is 0 Å². The monoisotopic (exact) mass is 417 g/mol. The summed E-state index contributed by atoms with van der Waals surface area (Å²) in [7, 11) is 0.759. The van der Waals surface area contributed by atoms with Crippen LogP contribution in [-0.4, -0.2) is 40.0 Å². The van der Waals surface area contributed by atoms with Gasteiger partial charge in [-0.05, 0) is 40.0 Å². The SMILES string of the molecule is CP(C)C.CP(C)C.[Cl-].[Cl-].[Pt+2]. The minimum atomic E-state index is 0. The predicted octanol–water partition coefficient (Wildman–Crippen LogP) is -3.28. The van der Waals surface area contributed by atoms with Crippen LogP contribution in [-0.2, 0) is 21.1 Å². The minimum Gasteiger partial charge on any atom is -1.00 e. The summed E-state index contributed by atoms with van der Waals surface area (Å²) in [6.07, 6.45) is 0. The molecule has 0 bridgehead atoms. The van der Waals surface area contributed by atoms with Crippen molar-refractivity contribution < 1.29 is 45.9 Å². The summed E-state index contributed by atoms with van der Waals surface area (Å²) in [6.45, 7) is 13.4. The van der Waals surface area contributed by atoms with E-state index in [0.29, 0.717) is 15.8 Å². The van der Waals surface area contributed by atoms with Crippen molar-refractivity contribution in [2.75, 3.05) is 40.0 Å². The van der Waals surface area contributed by atoms with Gasteiger partial charge in [0.1, 0.15) is 0 Å². The Bertz CT molecular complexity index is 34.1. The van der Waals surface area contributed by atoms with Crippen LogP contribution in [0.2, 0.25) is 0 Å². The van der Waals surface area contributed by atoms with E-state index in [4.69, 9.17) is 0 Å². The fourth-order valence-corrected chi connectivity index (χ4v) is 0. The minimum absolute atomic E-state index is 0. The quantitative estimate of drug-likeness (QED) is 0.363. The van der Waals surface area contributed by atoms with Crippen LogP contribution in [0.25, 0.3) is 0 Å². The van der Waals surface area contributed by atoms with Crippen LogP contribution in [0.5, 0.6) is 0 Å². The fraction of sp³-hybridized carbons (Fsp3) is 1.00. The molecule has 0 fully saturated rings. The Balaban J connectivity index is -0.0000000171. The van der Waals surface area contributed by atoms with Gasteiger partial charge < -0.3 is 24.8 Å². The Morgan fingerprint density at radius 3 is 0.545 bits per heavy atom. The van der Waals surface area contributed by atoms with Crippen LogP contribution >= 0.6 is 15.8 Å². The van der Waals surface area contributed by atoms with Crippen molar-refractivity contribution in [3.05, 3.63) is 0 Å². The molecule has 0 aliphatic rings. The van der Waals surface area contributed by atoms with Gasteiger partial charge in [0.15, 0.2) is 0 Å². The van der Waals surface area contributed by atoms with Crippen LogP contribution in [0, 0.1) is 0 Å². The van der Waals surface area contributed by atoms with E-state index in [0.717, 1.165) is 0 Å². The van der Waals surface area contributed by atoms with Crippen molar-refractivity contribution in [2.45, 2.75) is 0 Å². The zero-order valence-electron chi connectivity index (χ0n) is 7.97. The van der Waals surface area contributed by atoms with Crippen LogP contribution in [0.1, 0.15) is 0 Å². The maximum atomic E-state index is 2.23. The Labute approximate surface area is 101 Å². The molecule has 76 valence electrons. The van der Waals surface area contributed by atoms with Crippen LogP contribution in [0.3, 0.4) is 0 Å². The molecule has 0 unspecified atom stereocenters. The van der Waals surface area contributed by atoms with E-state index in [1.807, 2.05) is 0 Å². The van der Waals surface area contributed by atoms with Gasteiger partial charge in [-0.3, -0.25) is 0 Å². The second kappa shape index (κ2) is 22.7. The molecule has 0 aliphatic heterocycles. The zero-order valence-corrected chi connectivity index (χ0v) is 13.5. The third-order valence-corrected chi connectivity index (χ3v) is 0. The first kappa shape index (κ1) is 29.2. The van der Waals surface area contributed by atoms with E-state index in [1.54, 1.807) is 0 Å². The number of rotatable bonds is 0. The molecular weight excluding hydrogens is 400 g/mol. The Kier molecular flexibility index (Phi) is 60.4. The fourth-order valence-electron chi connectivity index (χ4n) is 0. The van der Waals surface area contributed by atoms with Crippen molar-refractivity contribution in [3.8, 4) is 0 Å². The molecule has 0 aliphatic carbocycles. The number of halogens is 2. The molecule has 0 saturated heterocycles. The number of hydrogen-bond donors (Lipinski definition) is 0. The van der Waals surface area contributed by atoms with Crippen LogP contribution in [0.4, 0.5) is 0 Å². The van der Waals surface area contributed by atoms with Crippen molar-refractivity contribution in [1.82, 2.24) is 0 Å². The number of hydrogen-bond acceptors (Lipinski definition) is 0.